The predicted octanol–water partition coefficient (Wildman–Crippen LogP) is 0.682. The van der Waals surface area contributed by atoms with Gasteiger partial charge in [-0.15, -0.1) is 0 Å². The molecule has 0 spiro atoms. The number of ether oxygens (including phenoxy) is 2. The Hall–Kier alpha value is -2.48. The lowest BCUT2D eigenvalue weighted by Crippen LogP contribution is -2.41. The van der Waals surface area contributed by atoms with Gasteiger partial charge in [0.15, 0.2) is 0 Å². The summed E-state index contributed by atoms with van der Waals surface area (Å²) in [6, 6.07) is 4.77. The zero-order chi connectivity index (χ0) is 17.2. The van der Waals surface area contributed by atoms with Gasteiger partial charge in [-0.1, -0.05) is 0 Å². The molecule has 8 nitrogen and oxygen atoms in total. The second-order valence-electron chi connectivity index (χ2n) is 4.70. The van der Waals surface area contributed by atoms with Crippen LogP contribution in [0.15, 0.2) is 18.2 Å². The van der Waals surface area contributed by atoms with Crippen LogP contribution in [0.1, 0.15) is 12.0 Å². The van der Waals surface area contributed by atoms with Crippen LogP contribution in [-0.4, -0.2) is 61.0 Å². The van der Waals surface area contributed by atoms with Gasteiger partial charge in [0.2, 0.25) is 0 Å². The first kappa shape index (κ1) is 18.6. The van der Waals surface area contributed by atoms with Crippen LogP contribution in [0.5, 0.6) is 11.5 Å². The Balaban J connectivity index is 2.78. The van der Waals surface area contributed by atoms with Crippen LogP contribution < -0.4 is 14.8 Å². The lowest BCUT2D eigenvalue weighted by Gasteiger charge is -2.23. The number of aliphatic hydroxyl groups is 1. The van der Waals surface area contributed by atoms with Crippen LogP contribution in [0.3, 0.4) is 0 Å². The molecule has 0 aliphatic carbocycles. The average Bonchev–Trinajstić information content (AvgIpc) is 2.54. The molecule has 0 unspecified atom stereocenters. The van der Waals surface area contributed by atoms with E-state index in [4.69, 9.17) is 19.7 Å². The number of carboxylic acid groups (broad SMARTS) is 1. The number of hydrogen-bond donors (Lipinski definition) is 3. The van der Waals surface area contributed by atoms with Gasteiger partial charge in [0.05, 0.1) is 33.8 Å². The summed E-state index contributed by atoms with van der Waals surface area (Å²) in [6.07, 6.45) is -0.162. The van der Waals surface area contributed by atoms with E-state index in [1.165, 1.54) is 12.0 Å². The largest absolute Gasteiger partial charge is 0.497 e. The number of nitrogens with zero attached hydrogens (tertiary/aromatic N) is 1. The number of amides is 2. The number of methoxy groups -OCH3 is 2. The summed E-state index contributed by atoms with van der Waals surface area (Å²) in [5, 5.41) is 20.2. The van der Waals surface area contributed by atoms with Crippen molar-refractivity contribution >= 4 is 12.0 Å². The summed E-state index contributed by atoms with van der Waals surface area (Å²) in [6.45, 7) is 0.154. The van der Waals surface area contributed by atoms with Crippen molar-refractivity contribution in [1.82, 2.24) is 10.2 Å². The second-order valence-corrected chi connectivity index (χ2v) is 4.70. The van der Waals surface area contributed by atoms with Crippen molar-refractivity contribution in [2.24, 2.45) is 0 Å². The first-order valence-electron chi connectivity index (χ1n) is 7.08. The molecule has 0 aliphatic rings. The van der Waals surface area contributed by atoms with E-state index in [9.17, 15) is 9.59 Å². The van der Waals surface area contributed by atoms with Crippen molar-refractivity contribution in [3.63, 3.8) is 0 Å². The molecule has 0 heterocycles. The van der Waals surface area contributed by atoms with Crippen LogP contribution in [0, 0.1) is 0 Å². The van der Waals surface area contributed by atoms with E-state index >= 15 is 0 Å². The first-order chi connectivity index (χ1) is 11.0. The van der Waals surface area contributed by atoms with Crippen molar-refractivity contribution in [2.75, 3.05) is 33.9 Å². The van der Waals surface area contributed by atoms with Gasteiger partial charge in [-0.2, -0.15) is 0 Å². The fourth-order valence-electron chi connectivity index (χ4n) is 1.95. The third kappa shape index (κ3) is 6.03. The van der Waals surface area contributed by atoms with Crippen molar-refractivity contribution in [2.45, 2.75) is 13.0 Å². The van der Waals surface area contributed by atoms with Gasteiger partial charge in [-0.3, -0.25) is 4.79 Å². The maximum Gasteiger partial charge on any atom is 0.317 e. The molecular weight excluding hydrogens is 304 g/mol. The number of urea groups is 1. The normalized spacial score (nSPS) is 10.0. The van der Waals surface area contributed by atoms with Gasteiger partial charge < -0.3 is 29.9 Å². The summed E-state index contributed by atoms with van der Waals surface area (Å²) in [5.41, 5.74) is 0.745. The molecule has 0 radical (unpaired) electrons. The van der Waals surface area contributed by atoms with Crippen LogP contribution in [-0.2, 0) is 11.3 Å². The quantitative estimate of drug-likeness (QED) is 0.616. The molecule has 1 rings (SSSR count). The maximum atomic E-state index is 12.1. The van der Waals surface area contributed by atoms with Crippen molar-refractivity contribution in [3.8, 4) is 11.5 Å². The van der Waals surface area contributed by atoms with E-state index in [0.717, 1.165) is 5.56 Å². The minimum atomic E-state index is -0.990. The number of hydrogen-bond acceptors (Lipinski definition) is 5. The number of nitrogens with one attached hydrogen (secondary N) is 1. The Morgan fingerprint density at radius 3 is 2.57 bits per heavy atom. The smallest absolute Gasteiger partial charge is 0.317 e. The second kappa shape index (κ2) is 9.52. The monoisotopic (exact) mass is 326 g/mol. The molecule has 128 valence electrons. The lowest BCUT2D eigenvalue weighted by atomic mass is 10.1. The fraction of sp³-hybridized carbons (Fsp3) is 0.467. The Bertz CT molecular complexity index is 535. The van der Waals surface area contributed by atoms with Gasteiger partial charge >= 0.3 is 12.0 Å². The molecule has 3 N–H and O–H groups in total. The number of aliphatic hydroxyl groups excluding tert-OH is 1. The molecule has 0 aliphatic heterocycles. The number of benzene rings is 1. The highest BCUT2D eigenvalue weighted by Gasteiger charge is 2.16. The van der Waals surface area contributed by atoms with Gasteiger partial charge in [0, 0.05) is 24.7 Å². The third-order valence-electron chi connectivity index (χ3n) is 3.13. The maximum absolute atomic E-state index is 12.1. The molecule has 0 fully saturated rings. The Kier molecular flexibility index (Phi) is 7.69. The highest BCUT2D eigenvalue weighted by molar-refractivity contribution is 5.75. The minimum absolute atomic E-state index is 0.0237. The average molecular weight is 326 g/mol. The van der Waals surface area contributed by atoms with Gasteiger partial charge in [-0.05, 0) is 12.1 Å². The van der Waals surface area contributed by atoms with Crippen LogP contribution in [0.2, 0.25) is 0 Å². The SMILES string of the molecule is COc1ccc(CN(CCO)C(=O)NCCC(=O)O)c(OC)c1. The molecule has 0 aromatic heterocycles. The molecule has 0 saturated carbocycles. The van der Waals surface area contributed by atoms with Crippen molar-refractivity contribution in [3.05, 3.63) is 23.8 Å². The zero-order valence-corrected chi connectivity index (χ0v) is 13.2. The molecule has 0 atom stereocenters. The standard InChI is InChI=1S/C15H22N2O6/c1-22-12-4-3-11(13(9-12)23-2)10-17(7-8-18)15(21)16-6-5-14(19)20/h3-4,9,18H,5-8,10H2,1-2H3,(H,16,21)(H,19,20). The molecule has 8 heteroatoms. The topological polar surface area (TPSA) is 108 Å². The summed E-state index contributed by atoms with van der Waals surface area (Å²) >= 11 is 0. The Morgan fingerprint density at radius 1 is 1.26 bits per heavy atom. The number of carboxylic acids is 1. The molecule has 0 bridgehead atoms. The molecule has 23 heavy (non-hydrogen) atoms. The van der Waals surface area contributed by atoms with E-state index in [-0.39, 0.29) is 32.7 Å². The summed E-state index contributed by atoms with van der Waals surface area (Å²) in [5.74, 6) is 0.201. The van der Waals surface area contributed by atoms with Crippen LogP contribution in [0.25, 0.3) is 0 Å². The first-order valence-corrected chi connectivity index (χ1v) is 7.08. The molecule has 0 saturated heterocycles. The fourth-order valence-corrected chi connectivity index (χ4v) is 1.95. The summed E-state index contributed by atoms with van der Waals surface area (Å²) in [7, 11) is 3.06. The van der Waals surface area contributed by atoms with Gasteiger partial charge in [-0.25, -0.2) is 4.79 Å². The Morgan fingerprint density at radius 2 is 2.00 bits per heavy atom. The molecular formula is C15H22N2O6. The van der Waals surface area contributed by atoms with Gasteiger partial charge in [0.25, 0.3) is 0 Å². The number of carbonyl (C=O) groups is 2. The minimum Gasteiger partial charge on any atom is -0.497 e. The molecule has 1 aromatic rings. The lowest BCUT2D eigenvalue weighted by molar-refractivity contribution is -0.136. The Labute approximate surface area is 134 Å². The highest BCUT2D eigenvalue weighted by Crippen LogP contribution is 2.25. The van der Waals surface area contributed by atoms with Crippen LogP contribution >= 0.6 is 0 Å². The van der Waals surface area contributed by atoms with E-state index in [2.05, 4.69) is 5.32 Å². The van der Waals surface area contributed by atoms with E-state index in [1.54, 1.807) is 25.3 Å². The van der Waals surface area contributed by atoms with Gasteiger partial charge in [0.1, 0.15) is 11.5 Å². The van der Waals surface area contributed by atoms with E-state index in [1.807, 2.05) is 0 Å². The van der Waals surface area contributed by atoms with Crippen molar-refractivity contribution in [1.29, 1.82) is 0 Å². The zero-order valence-electron chi connectivity index (χ0n) is 13.2. The molecule has 1 aromatic carbocycles. The highest BCUT2D eigenvalue weighted by atomic mass is 16.5. The van der Waals surface area contributed by atoms with Crippen molar-refractivity contribution < 1.29 is 29.3 Å². The summed E-state index contributed by atoms with van der Waals surface area (Å²) in [4.78, 5) is 23.9. The number of rotatable bonds is 9. The molecule has 2 amide bonds. The van der Waals surface area contributed by atoms with Crippen LogP contribution in [0.4, 0.5) is 4.79 Å². The predicted molar refractivity (Wildman–Crippen MR) is 82.7 cm³/mol. The number of aliphatic carboxylic acids is 1. The van der Waals surface area contributed by atoms with E-state index < -0.39 is 12.0 Å². The van der Waals surface area contributed by atoms with E-state index in [0.29, 0.717) is 11.5 Å². The number of carbonyl (C=O) groups excluding carboxylic acids is 1. The third-order valence-corrected chi connectivity index (χ3v) is 3.13. The summed E-state index contributed by atoms with van der Waals surface area (Å²) < 4.78 is 10.4.